The van der Waals surface area contributed by atoms with Gasteiger partial charge in [-0.15, -0.1) is 11.3 Å². The fraction of sp³-hybridized carbons (Fsp3) is 0.750. The van der Waals surface area contributed by atoms with Gasteiger partial charge in [-0.05, 0) is 49.7 Å². The van der Waals surface area contributed by atoms with Gasteiger partial charge in [0.2, 0.25) is 0 Å². The minimum atomic E-state index is -0.190. The van der Waals surface area contributed by atoms with Gasteiger partial charge in [0, 0.05) is 9.75 Å². The van der Waals surface area contributed by atoms with Gasteiger partial charge in [-0.3, -0.25) is 0 Å². The first kappa shape index (κ1) is 12.7. The number of thiophene rings is 1. The van der Waals surface area contributed by atoms with Crippen LogP contribution in [0.2, 0.25) is 0 Å². The zero-order valence-electron chi connectivity index (χ0n) is 11.2. The molecule has 100 valence electrons. The Balaban J connectivity index is 1.67. The summed E-state index contributed by atoms with van der Waals surface area (Å²) in [6.07, 6.45) is 12.8. The minimum absolute atomic E-state index is 0.190. The van der Waals surface area contributed by atoms with E-state index in [0.717, 1.165) is 12.3 Å². The van der Waals surface area contributed by atoms with Gasteiger partial charge >= 0.3 is 0 Å². The maximum absolute atomic E-state index is 10.4. The number of aryl methyl sites for hydroxylation is 2. The molecule has 0 aromatic carbocycles. The topological polar surface area (TPSA) is 20.2 Å². The lowest BCUT2D eigenvalue weighted by Crippen LogP contribution is -2.02. The number of rotatable bonds is 3. The van der Waals surface area contributed by atoms with E-state index in [0.29, 0.717) is 0 Å². The number of hydrogen-bond donors (Lipinski definition) is 1. The third-order valence-corrected chi connectivity index (χ3v) is 5.96. The Bertz CT molecular complexity index is 366. The molecule has 1 fully saturated rings. The van der Waals surface area contributed by atoms with Crippen LogP contribution in [0.4, 0.5) is 0 Å². The molecule has 2 aliphatic carbocycles. The lowest BCUT2D eigenvalue weighted by molar-refractivity contribution is 0.148. The zero-order chi connectivity index (χ0) is 12.4. The highest BCUT2D eigenvalue weighted by atomic mass is 32.1. The summed E-state index contributed by atoms with van der Waals surface area (Å²) in [4.78, 5) is 2.81. The van der Waals surface area contributed by atoms with E-state index in [-0.39, 0.29) is 6.10 Å². The molecule has 2 heteroatoms. The standard InChI is InChI=1S/C16H24OS/c17-14(10-12-6-4-5-7-12)16-11-13-8-2-1-3-9-15(13)18-16/h11-12,14,17H,1-10H2. The Morgan fingerprint density at radius 1 is 1.11 bits per heavy atom. The summed E-state index contributed by atoms with van der Waals surface area (Å²) in [5.74, 6) is 0.780. The molecule has 18 heavy (non-hydrogen) atoms. The van der Waals surface area contributed by atoms with E-state index in [4.69, 9.17) is 0 Å². The third-order valence-electron chi connectivity index (χ3n) is 4.63. The van der Waals surface area contributed by atoms with Crippen molar-refractivity contribution in [2.75, 3.05) is 0 Å². The van der Waals surface area contributed by atoms with Gasteiger partial charge in [0.1, 0.15) is 0 Å². The molecule has 1 N–H and O–H groups in total. The smallest absolute Gasteiger partial charge is 0.0884 e. The fourth-order valence-corrected chi connectivity index (χ4v) is 4.79. The third kappa shape index (κ3) is 2.80. The molecular formula is C16H24OS. The van der Waals surface area contributed by atoms with Gasteiger partial charge in [0.05, 0.1) is 6.10 Å². The van der Waals surface area contributed by atoms with E-state index in [1.165, 1.54) is 68.2 Å². The summed E-state index contributed by atoms with van der Waals surface area (Å²) < 4.78 is 0. The van der Waals surface area contributed by atoms with Gasteiger partial charge in [0.15, 0.2) is 0 Å². The highest BCUT2D eigenvalue weighted by molar-refractivity contribution is 7.12. The molecule has 1 aromatic rings. The number of fused-ring (bicyclic) bond motifs is 1. The van der Waals surface area contributed by atoms with Crippen molar-refractivity contribution < 1.29 is 5.11 Å². The van der Waals surface area contributed by atoms with E-state index in [1.807, 2.05) is 11.3 Å². The van der Waals surface area contributed by atoms with Crippen molar-refractivity contribution in [2.24, 2.45) is 5.92 Å². The van der Waals surface area contributed by atoms with Crippen molar-refractivity contribution in [3.63, 3.8) is 0 Å². The Kier molecular flexibility index (Phi) is 4.05. The molecule has 0 bridgehead atoms. The summed E-state index contributed by atoms with van der Waals surface area (Å²) in [6.45, 7) is 0. The van der Waals surface area contributed by atoms with Crippen molar-refractivity contribution >= 4 is 11.3 Å². The van der Waals surface area contributed by atoms with Crippen LogP contribution < -0.4 is 0 Å². The largest absolute Gasteiger partial charge is 0.388 e. The van der Waals surface area contributed by atoms with E-state index < -0.39 is 0 Å². The first-order valence-corrected chi connectivity index (χ1v) is 8.44. The van der Waals surface area contributed by atoms with E-state index >= 15 is 0 Å². The second-order valence-electron chi connectivity index (χ2n) is 6.06. The van der Waals surface area contributed by atoms with Crippen LogP contribution in [-0.4, -0.2) is 5.11 Å². The Hall–Kier alpha value is -0.340. The fourth-order valence-electron chi connectivity index (χ4n) is 3.53. The van der Waals surface area contributed by atoms with Crippen LogP contribution in [0.15, 0.2) is 6.07 Å². The first-order valence-electron chi connectivity index (χ1n) is 7.62. The number of aliphatic hydroxyl groups excluding tert-OH is 1. The maximum atomic E-state index is 10.4. The van der Waals surface area contributed by atoms with Crippen molar-refractivity contribution in [3.05, 3.63) is 21.4 Å². The van der Waals surface area contributed by atoms with Gasteiger partial charge in [0.25, 0.3) is 0 Å². The molecule has 3 rings (SSSR count). The average Bonchev–Trinajstić information content (AvgIpc) is 2.95. The second kappa shape index (κ2) is 5.75. The molecule has 1 nitrogen and oxygen atoms in total. The molecular weight excluding hydrogens is 240 g/mol. The van der Waals surface area contributed by atoms with Crippen LogP contribution in [0.3, 0.4) is 0 Å². The van der Waals surface area contributed by atoms with Gasteiger partial charge < -0.3 is 5.11 Å². The monoisotopic (exact) mass is 264 g/mol. The normalized spacial score (nSPS) is 22.7. The molecule has 1 heterocycles. The number of aliphatic hydroxyl groups is 1. The van der Waals surface area contributed by atoms with E-state index in [2.05, 4.69) is 6.07 Å². The Morgan fingerprint density at radius 2 is 1.89 bits per heavy atom. The van der Waals surface area contributed by atoms with Crippen LogP contribution >= 0.6 is 11.3 Å². The maximum Gasteiger partial charge on any atom is 0.0884 e. The molecule has 0 amide bonds. The molecule has 1 saturated carbocycles. The minimum Gasteiger partial charge on any atom is -0.388 e. The van der Waals surface area contributed by atoms with E-state index in [9.17, 15) is 5.11 Å². The SMILES string of the molecule is OC(CC1CCCC1)c1cc2c(s1)CCCCC2. The highest BCUT2D eigenvalue weighted by Gasteiger charge is 2.22. The van der Waals surface area contributed by atoms with Crippen LogP contribution in [0.1, 0.15) is 72.8 Å². The molecule has 0 saturated heterocycles. The summed E-state index contributed by atoms with van der Waals surface area (Å²) in [5, 5.41) is 10.4. The second-order valence-corrected chi connectivity index (χ2v) is 7.23. The predicted molar refractivity (Wildman–Crippen MR) is 77.1 cm³/mol. The van der Waals surface area contributed by atoms with Crippen LogP contribution in [-0.2, 0) is 12.8 Å². The van der Waals surface area contributed by atoms with Gasteiger partial charge in [-0.1, -0.05) is 32.1 Å². The molecule has 1 unspecified atom stereocenters. The lowest BCUT2D eigenvalue weighted by Gasteiger charge is -2.13. The highest BCUT2D eigenvalue weighted by Crippen LogP contribution is 2.37. The average molecular weight is 264 g/mol. The summed E-state index contributed by atoms with van der Waals surface area (Å²) in [5.41, 5.74) is 1.54. The van der Waals surface area contributed by atoms with Crippen molar-refractivity contribution in [3.8, 4) is 0 Å². The van der Waals surface area contributed by atoms with Gasteiger partial charge in [-0.2, -0.15) is 0 Å². The summed E-state index contributed by atoms with van der Waals surface area (Å²) in [6, 6.07) is 2.31. The molecule has 0 radical (unpaired) electrons. The molecule has 2 aliphatic rings. The van der Waals surface area contributed by atoms with Crippen molar-refractivity contribution in [1.82, 2.24) is 0 Å². The Labute approximate surface area is 114 Å². The quantitative estimate of drug-likeness (QED) is 0.789. The van der Waals surface area contributed by atoms with Crippen molar-refractivity contribution in [2.45, 2.75) is 70.3 Å². The van der Waals surface area contributed by atoms with Crippen LogP contribution in [0.25, 0.3) is 0 Å². The van der Waals surface area contributed by atoms with Crippen LogP contribution in [0, 0.1) is 5.92 Å². The van der Waals surface area contributed by atoms with Crippen molar-refractivity contribution in [1.29, 1.82) is 0 Å². The van der Waals surface area contributed by atoms with E-state index in [1.54, 1.807) is 4.88 Å². The zero-order valence-corrected chi connectivity index (χ0v) is 12.0. The molecule has 1 aromatic heterocycles. The molecule has 0 aliphatic heterocycles. The van der Waals surface area contributed by atoms with Crippen LogP contribution in [0.5, 0.6) is 0 Å². The van der Waals surface area contributed by atoms with Gasteiger partial charge in [-0.25, -0.2) is 0 Å². The molecule has 1 atom stereocenters. The Morgan fingerprint density at radius 3 is 2.72 bits per heavy atom. The summed E-state index contributed by atoms with van der Waals surface area (Å²) >= 11 is 1.89. The summed E-state index contributed by atoms with van der Waals surface area (Å²) in [7, 11) is 0. The first-order chi connectivity index (χ1) is 8.83. The number of hydrogen-bond acceptors (Lipinski definition) is 2. The molecule has 0 spiro atoms. The predicted octanol–water partition coefficient (Wildman–Crippen LogP) is 4.63. The lowest BCUT2D eigenvalue weighted by atomic mass is 9.99.